The molecule has 0 aliphatic carbocycles. The van der Waals surface area contributed by atoms with Crippen molar-refractivity contribution >= 4 is 52.2 Å². The lowest BCUT2D eigenvalue weighted by atomic mass is 10.0. The third-order valence-corrected chi connectivity index (χ3v) is 4.99. The number of carboxylic acids is 1. The van der Waals surface area contributed by atoms with Crippen molar-refractivity contribution in [3.63, 3.8) is 0 Å². The monoisotopic (exact) mass is 392 g/mol. The van der Waals surface area contributed by atoms with E-state index in [0.717, 1.165) is 17.3 Å². The molecule has 1 atom stereocenters. The summed E-state index contributed by atoms with van der Waals surface area (Å²) in [7, 11) is 0. The first-order valence-corrected chi connectivity index (χ1v) is 9.33. The van der Waals surface area contributed by atoms with Gasteiger partial charge in [0.15, 0.2) is 0 Å². The fraction of sp³-hybridized carbons (Fsp3) is 0.333. The van der Waals surface area contributed by atoms with Crippen LogP contribution in [0.15, 0.2) is 35.2 Å². The minimum Gasteiger partial charge on any atom is -0.480 e. The number of thioether (sulfide) groups is 1. The van der Waals surface area contributed by atoms with Crippen LogP contribution >= 0.6 is 24.0 Å². The minimum absolute atomic E-state index is 0.113. The van der Waals surface area contributed by atoms with Crippen molar-refractivity contribution in [2.45, 2.75) is 26.3 Å². The molecule has 8 heteroatoms. The van der Waals surface area contributed by atoms with E-state index in [4.69, 9.17) is 12.2 Å². The highest BCUT2D eigenvalue weighted by Gasteiger charge is 2.34. The molecule has 2 N–H and O–H groups in total. The van der Waals surface area contributed by atoms with Crippen molar-refractivity contribution in [2.24, 2.45) is 5.92 Å². The molecule has 2 amide bonds. The maximum atomic E-state index is 12.5. The molecular formula is C18H20N2O4S2. The van der Waals surface area contributed by atoms with E-state index in [1.807, 2.05) is 44.2 Å². The molecule has 1 aromatic rings. The first kappa shape index (κ1) is 20.1. The molecule has 1 fully saturated rings. The normalized spacial score (nSPS) is 17.0. The van der Waals surface area contributed by atoms with Crippen LogP contribution in [0, 0.1) is 5.92 Å². The Kier molecular flexibility index (Phi) is 6.93. The second kappa shape index (κ2) is 8.95. The number of nitrogens with one attached hydrogen (secondary N) is 1. The van der Waals surface area contributed by atoms with Crippen LogP contribution in [0.5, 0.6) is 0 Å². The predicted octanol–water partition coefficient (Wildman–Crippen LogP) is 2.50. The number of hydrogen-bond donors (Lipinski definition) is 2. The van der Waals surface area contributed by atoms with Crippen LogP contribution in [0.3, 0.4) is 0 Å². The minimum atomic E-state index is -1.10. The number of carbonyl (C=O) groups is 3. The molecule has 0 saturated carbocycles. The lowest BCUT2D eigenvalue weighted by Crippen LogP contribution is -2.47. The molecule has 2 rings (SSSR count). The Morgan fingerprint density at radius 3 is 2.54 bits per heavy atom. The summed E-state index contributed by atoms with van der Waals surface area (Å²) in [6.07, 6.45) is 2.03. The largest absolute Gasteiger partial charge is 0.480 e. The van der Waals surface area contributed by atoms with Crippen molar-refractivity contribution < 1.29 is 19.5 Å². The van der Waals surface area contributed by atoms with Gasteiger partial charge in [-0.25, -0.2) is 4.79 Å². The fourth-order valence-corrected chi connectivity index (χ4v) is 3.67. The van der Waals surface area contributed by atoms with Crippen LogP contribution in [0.25, 0.3) is 6.08 Å². The maximum absolute atomic E-state index is 12.5. The van der Waals surface area contributed by atoms with Gasteiger partial charge < -0.3 is 10.4 Å². The van der Waals surface area contributed by atoms with E-state index in [9.17, 15) is 19.5 Å². The highest BCUT2D eigenvalue weighted by molar-refractivity contribution is 8.26. The van der Waals surface area contributed by atoms with Gasteiger partial charge in [0.25, 0.3) is 5.91 Å². The quantitative estimate of drug-likeness (QED) is 0.548. The number of carbonyl (C=O) groups excluding carboxylic acids is 2. The van der Waals surface area contributed by atoms with Crippen LogP contribution < -0.4 is 5.32 Å². The van der Waals surface area contributed by atoms with E-state index in [0.29, 0.717) is 11.3 Å². The predicted molar refractivity (Wildman–Crippen MR) is 105 cm³/mol. The van der Waals surface area contributed by atoms with Crippen molar-refractivity contribution in [3.05, 3.63) is 40.8 Å². The van der Waals surface area contributed by atoms with Gasteiger partial charge in [-0.05, 0) is 24.0 Å². The lowest BCUT2D eigenvalue weighted by molar-refractivity contribution is -0.142. The van der Waals surface area contributed by atoms with E-state index >= 15 is 0 Å². The smallest absolute Gasteiger partial charge is 0.326 e. The van der Waals surface area contributed by atoms with Crippen LogP contribution in [0.2, 0.25) is 0 Å². The maximum Gasteiger partial charge on any atom is 0.326 e. The molecule has 1 aliphatic rings. The molecule has 0 aromatic heterocycles. The Labute approximate surface area is 161 Å². The van der Waals surface area contributed by atoms with Crippen LogP contribution in [0.4, 0.5) is 0 Å². The Morgan fingerprint density at radius 1 is 1.31 bits per heavy atom. The first-order chi connectivity index (χ1) is 12.3. The lowest BCUT2D eigenvalue weighted by Gasteiger charge is -2.19. The fourth-order valence-electron chi connectivity index (χ4n) is 2.41. The summed E-state index contributed by atoms with van der Waals surface area (Å²) in [4.78, 5) is 37.6. The van der Waals surface area contributed by atoms with Crippen LogP contribution in [0.1, 0.15) is 25.8 Å². The van der Waals surface area contributed by atoms with Gasteiger partial charge >= 0.3 is 5.97 Å². The zero-order valence-electron chi connectivity index (χ0n) is 14.5. The van der Waals surface area contributed by atoms with Crippen molar-refractivity contribution in [1.29, 1.82) is 0 Å². The van der Waals surface area contributed by atoms with E-state index in [-0.39, 0.29) is 22.7 Å². The highest BCUT2D eigenvalue weighted by Crippen LogP contribution is 2.32. The van der Waals surface area contributed by atoms with Gasteiger partial charge in [0.2, 0.25) is 5.91 Å². The van der Waals surface area contributed by atoms with Gasteiger partial charge in [-0.3, -0.25) is 14.5 Å². The Morgan fingerprint density at radius 2 is 1.96 bits per heavy atom. The topological polar surface area (TPSA) is 86.7 Å². The Hall–Kier alpha value is -2.19. The Bertz CT molecular complexity index is 747. The number of hydrogen-bond acceptors (Lipinski definition) is 5. The molecule has 1 aliphatic heterocycles. The molecule has 0 spiro atoms. The number of amides is 2. The van der Waals surface area contributed by atoms with Gasteiger partial charge in [0.1, 0.15) is 16.9 Å². The number of benzene rings is 1. The molecule has 0 radical (unpaired) electrons. The van der Waals surface area contributed by atoms with E-state index < -0.39 is 17.9 Å². The summed E-state index contributed by atoms with van der Waals surface area (Å²) >= 11 is 6.32. The standard InChI is InChI=1S/C18H20N2O4S2/c1-11(2)8-13(17(23)24)19-15(21)10-20-16(22)14(26-18(20)25)9-12-6-4-3-5-7-12/h3-7,9,11,13H,8,10H2,1-2H3,(H,19,21)(H,23,24)/b14-9-. The van der Waals surface area contributed by atoms with E-state index in [1.54, 1.807) is 6.08 Å². The number of aliphatic carboxylic acids is 1. The number of nitrogens with zero attached hydrogens (tertiary/aromatic N) is 1. The molecule has 1 heterocycles. The van der Waals surface area contributed by atoms with Gasteiger partial charge in [0, 0.05) is 0 Å². The number of carboxylic acid groups (broad SMARTS) is 1. The summed E-state index contributed by atoms with van der Waals surface area (Å²) in [6, 6.07) is 8.34. The molecule has 1 unspecified atom stereocenters. The summed E-state index contributed by atoms with van der Waals surface area (Å²) in [6.45, 7) is 3.45. The van der Waals surface area contributed by atoms with Crippen LogP contribution in [-0.4, -0.2) is 44.7 Å². The zero-order valence-corrected chi connectivity index (χ0v) is 16.1. The van der Waals surface area contributed by atoms with Crippen molar-refractivity contribution in [3.8, 4) is 0 Å². The van der Waals surface area contributed by atoms with Gasteiger partial charge in [-0.2, -0.15) is 0 Å². The molecule has 1 aromatic carbocycles. The molecule has 26 heavy (non-hydrogen) atoms. The molecular weight excluding hydrogens is 372 g/mol. The second-order valence-electron chi connectivity index (χ2n) is 6.27. The van der Waals surface area contributed by atoms with Gasteiger partial charge in [0.05, 0.1) is 4.91 Å². The average Bonchev–Trinajstić information content (AvgIpc) is 2.82. The molecule has 0 bridgehead atoms. The van der Waals surface area contributed by atoms with Crippen LogP contribution in [-0.2, 0) is 14.4 Å². The number of rotatable bonds is 7. The summed E-state index contributed by atoms with van der Waals surface area (Å²) < 4.78 is 0.281. The average molecular weight is 393 g/mol. The second-order valence-corrected chi connectivity index (χ2v) is 7.94. The zero-order chi connectivity index (χ0) is 19.3. The molecule has 138 valence electrons. The van der Waals surface area contributed by atoms with Crippen molar-refractivity contribution in [2.75, 3.05) is 6.54 Å². The summed E-state index contributed by atoms with van der Waals surface area (Å²) in [5, 5.41) is 11.7. The Balaban J connectivity index is 2.04. The summed E-state index contributed by atoms with van der Waals surface area (Å²) in [5.74, 6) is -1.88. The van der Waals surface area contributed by atoms with E-state index in [1.165, 1.54) is 4.90 Å². The van der Waals surface area contributed by atoms with Gasteiger partial charge in [-0.15, -0.1) is 0 Å². The van der Waals surface area contributed by atoms with Crippen molar-refractivity contribution in [1.82, 2.24) is 10.2 Å². The molecule has 1 saturated heterocycles. The SMILES string of the molecule is CC(C)CC(NC(=O)CN1C(=O)/C(=C/c2ccccc2)SC1=S)C(=O)O. The molecule has 6 nitrogen and oxygen atoms in total. The number of thiocarbonyl (C=S) groups is 1. The first-order valence-electron chi connectivity index (χ1n) is 8.10. The third kappa shape index (κ3) is 5.40. The summed E-state index contributed by atoms with van der Waals surface area (Å²) in [5.41, 5.74) is 0.861. The third-order valence-electron chi connectivity index (χ3n) is 3.61. The van der Waals surface area contributed by atoms with Gasteiger partial charge in [-0.1, -0.05) is 68.2 Å². The highest BCUT2D eigenvalue weighted by atomic mass is 32.2. The van der Waals surface area contributed by atoms with E-state index in [2.05, 4.69) is 5.32 Å².